The van der Waals surface area contributed by atoms with Crippen LogP contribution in [0.25, 0.3) is 0 Å². The second-order valence-corrected chi connectivity index (χ2v) is 10.2. The Balaban J connectivity index is 2.41. The van der Waals surface area contributed by atoms with Crippen molar-refractivity contribution in [2.75, 3.05) is 20.8 Å². The molecule has 1 aromatic carbocycles. The highest BCUT2D eigenvalue weighted by molar-refractivity contribution is 5.99. The Morgan fingerprint density at radius 2 is 1.76 bits per heavy atom. The fourth-order valence-electron chi connectivity index (χ4n) is 3.95. The lowest BCUT2D eigenvalue weighted by atomic mass is 9.86. The van der Waals surface area contributed by atoms with E-state index in [4.69, 9.17) is 14.2 Å². The van der Waals surface area contributed by atoms with Crippen molar-refractivity contribution in [2.45, 2.75) is 59.2 Å². The van der Waals surface area contributed by atoms with Crippen LogP contribution < -0.4 is 15.6 Å². The molecule has 0 bridgehead atoms. The summed E-state index contributed by atoms with van der Waals surface area (Å²) in [5.41, 5.74) is 0.179. The van der Waals surface area contributed by atoms with Gasteiger partial charge in [0.25, 0.3) is 11.5 Å². The standard InChI is InChI=1S/C28H38N2O8/c1-28(2,3)14-9-12-21(22(26(33)34)27(35)37-5)29-24(31)20-13-15-30(16-17-36-4)25(32)23(20)38-18-19-10-7-6-8-11-19/h6-8,10-11,13,15,21-22H,9,12,14,16-18H2,1-5H3,(H,29,31)(H,33,34). The van der Waals surface area contributed by atoms with E-state index in [2.05, 4.69) is 5.32 Å². The van der Waals surface area contributed by atoms with Crippen molar-refractivity contribution < 1.29 is 33.7 Å². The molecule has 2 unspecified atom stereocenters. The number of carboxylic acids is 1. The van der Waals surface area contributed by atoms with E-state index >= 15 is 0 Å². The molecule has 0 saturated heterocycles. The van der Waals surface area contributed by atoms with Crippen LogP contribution in [0.1, 0.15) is 56.0 Å². The fourth-order valence-corrected chi connectivity index (χ4v) is 3.95. The molecule has 0 aliphatic carbocycles. The largest absolute Gasteiger partial charge is 0.482 e. The number of nitrogens with one attached hydrogen (secondary N) is 1. The third kappa shape index (κ3) is 9.02. The summed E-state index contributed by atoms with van der Waals surface area (Å²) in [5.74, 6) is -4.88. The van der Waals surface area contributed by atoms with Crippen LogP contribution >= 0.6 is 0 Å². The molecule has 1 heterocycles. The van der Waals surface area contributed by atoms with Crippen molar-refractivity contribution in [3.05, 3.63) is 64.1 Å². The number of benzene rings is 1. The molecule has 1 amide bonds. The zero-order valence-corrected chi connectivity index (χ0v) is 22.7. The highest BCUT2D eigenvalue weighted by atomic mass is 16.5. The lowest BCUT2D eigenvalue weighted by molar-refractivity contribution is -0.158. The molecule has 0 radical (unpaired) electrons. The van der Waals surface area contributed by atoms with Gasteiger partial charge in [-0.15, -0.1) is 0 Å². The van der Waals surface area contributed by atoms with Gasteiger partial charge in [-0.2, -0.15) is 0 Å². The number of carbonyl (C=O) groups is 3. The zero-order valence-electron chi connectivity index (χ0n) is 22.7. The highest BCUT2D eigenvalue weighted by Crippen LogP contribution is 2.24. The Hall–Kier alpha value is -3.66. The van der Waals surface area contributed by atoms with Crippen molar-refractivity contribution in [1.29, 1.82) is 0 Å². The molecule has 208 valence electrons. The minimum absolute atomic E-state index is 0.0241. The SMILES string of the molecule is COCCn1ccc(C(=O)NC(CCCC(C)(C)C)C(C(=O)O)C(=O)OC)c(OCc2ccccc2)c1=O. The first-order valence-electron chi connectivity index (χ1n) is 12.5. The van der Waals surface area contributed by atoms with Crippen molar-refractivity contribution in [2.24, 2.45) is 11.3 Å². The van der Waals surface area contributed by atoms with E-state index in [0.717, 1.165) is 19.1 Å². The van der Waals surface area contributed by atoms with Crippen molar-refractivity contribution >= 4 is 17.8 Å². The van der Waals surface area contributed by atoms with Gasteiger partial charge in [0.1, 0.15) is 6.61 Å². The summed E-state index contributed by atoms with van der Waals surface area (Å²) < 4.78 is 17.0. The Morgan fingerprint density at radius 3 is 2.34 bits per heavy atom. The van der Waals surface area contributed by atoms with Gasteiger partial charge in [0.2, 0.25) is 0 Å². The summed E-state index contributed by atoms with van der Waals surface area (Å²) in [5, 5.41) is 12.4. The Labute approximate surface area is 222 Å². The van der Waals surface area contributed by atoms with Gasteiger partial charge in [0.05, 0.1) is 25.3 Å². The second-order valence-electron chi connectivity index (χ2n) is 10.2. The number of aliphatic carboxylic acids is 1. The number of amides is 1. The predicted molar refractivity (Wildman–Crippen MR) is 141 cm³/mol. The van der Waals surface area contributed by atoms with Crippen LogP contribution in [0.15, 0.2) is 47.4 Å². The fraction of sp³-hybridized carbons (Fsp3) is 0.500. The molecule has 0 aliphatic heterocycles. The smallest absolute Gasteiger partial charge is 0.322 e. The first-order valence-corrected chi connectivity index (χ1v) is 12.5. The Bertz CT molecular complexity index is 1140. The molecule has 38 heavy (non-hydrogen) atoms. The van der Waals surface area contributed by atoms with Crippen LogP contribution in [0.3, 0.4) is 0 Å². The number of carbonyl (C=O) groups excluding carboxylic acids is 2. The molecule has 2 aromatic rings. The van der Waals surface area contributed by atoms with Gasteiger partial charge in [0.15, 0.2) is 11.7 Å². The third-order valence-corrected chi connectivity index (χ3v) is 6.01. The predicted octanol–water partition coefficient (Wildman–Crippen LogP) is 3.26. The number of pyridine rings is 1. The summed E-state index contributed by atoms with van der Waals surface area (Å²) in [6.45, 7) is 6.70. The molecule has 0 spiro atoms. The first-order chi connectivity index (χ1) is 18.0. The van der Waals surface area contributed by atoms with Crippen LogP contribution in [0.2, 0.25) is 0 Å². The van der Waals surface area contributed by atoms with E-state index in [0.29, 0.717) is 6.42 Å². The number of esters is 1. The molecule has 1 aromatic heterocycles. The minimum Gasteiger partial charge on any atom is -0.482 e. The van der Waals surface area contributed by atoms with E-state index < -0.39 is 35.4 Å². The molecule has 2 atom stereocenters. The van der Waals surface area contributed by atoms with Crippen molar-refractivity contribution in [1.82, 2.24) is 9.88 Å². The maximum atomic E-state index is 13.5. The summed E-state index contributed by atoms with van der Waals surface area (Å²) in [4.78, 5) is 51.0. The summed E-state index contributed by atoms with van der Waals surface area (Å²) in [6.07, 6.45) is 2.98. The number of hydrogen-bond acceptors (Lipinski definition) is 7. The van der Waals surface area contributed by atoms with E-state index in [1.165, 1.54) is 23.9 Å². The van der Waals surface area contributed by atoms with Gasteiger partial charge < -0.3 is 29.2 Å². The van der Waals surface area contributed by atoms with Gasteiger partial charge in [0, 0.05) is 19.9 Å². The average molecular weight is 531 g/mol. The number of carboxylic acid groups (broad SMARTS) is 1. The molecule has 0 aliphatic rings. The van der Waals surface area contributed by atoms with Gasteiger partial charge in [-0.05, 0) is 29.9 Å². The average Bonchev–Trinajstić information content (AvgIpc) is 2.86. The van der Waals surface area contributed by atoms with Gasteiger partial charge in [-0.1, -0.05) is 57.5 Å². The zero-order chi connectivity index (χ0) is 28.3. The molecule has 10 heteroatoms. The van der Waals surface area contributed by atoms with E-state index in [1.54, 1.807) is 0 Å². The number of methoxy groups -OCH3 is 2. The topological polar surface area (TPSA) is 133 Å². The molecule has 0 saturated carbocycles. The minimum atomic E-state index is -1.61. The number of aromatic nitrogens is 1. The summed E-state index contributed by atoms with van der Waals surface area (Å²) in [7, 11) is 2.61. The van der Waals surface area contributed by atoms with Gasteiger partial charge in [-0.3, -0.25) is 19.2 Å². The lowest BCUT2D eigenvalue weighted by Crippen LogP contribution is -2.47. The molecule has 2 rings (SSSR count). The first kappa shape index (κ1) is 30.6. The highest BCUT2D eigenvalue weighted by Gasteiger charge is 2.37. The quantitative estimate of drug-likeness (QED) is 0.281. The number of ether oxygens (including phenoxy) is 3. The van der Waals surface area contributed by atoms with E-state index in [9.17, 15) is 24.3 Å². The summed E-state index contributed by atoms with van der Waals surface area (Å²) in [6, 6.07) is 9.53. The maximum Gasteiger partial charge on any atom is 0.322 e. The molecular weight excluding hydrogens is 492 g/mol. The Morgan fingerprint density at radius 1 is 1.08 bits per heavy atom. The number of hydrogen-bond donors (Lipinski definition) is 2. The monoisotopic (exact) mass is 530 g/mol. The third-order valence-electron chi connectivity index (χ3n) is 6.01. The molecular formula is C28H38N2O8. The second kappa shape index (κ2) is 14.3. The number of rotatable bonds is 14. The lowest BCUT2D eigenvalue weighted by Gasteiger charge is -2.26. The summed E-state index contributed by atoms with van der Waals surface area (Å²) >= 11 is 0. The van der Waals surface area contributed by atoms with Crippen molar-refractivity contribution in [3.63, 3.8) is 0 Å². The van der Waals surface area contributed by atoms with Gasteiger partial charge >= 0.3 is 11.9 Å². The van der Waals surface area contributed by atoms with E-state index in [1.807, 2.05) is 51.1 Å². The van der Waals surface area contributed by atoms with Crippen LogP contribution in [0.4, 0.5) is 0 Å². The molecule has 2 N–H and O–H groups in total. The molecule has 0 fully saturated rings. The van der Waals surface area contributed by atoms with Crippen LogP contribution in [0.5, 0.6) is 5.75 Å². The maximum absolute atomic E-state index is 13.5. The van der Waals surface area contributed by atoms with Gasteiger partial charge in [-0.25, -0.2) is 0 Å². The van der Waals surface area contributed by atoms with Crippen LogP contribution in [0, 0.1) is 11.3 Å². The van der Waals surface area contributed by atoms with Crippen molar-refractivity contribution in [3.8, 4) is 5.75 Å². The van der Waals surface area contributed by atoms with Crippen LogP contribution in [-0.4, -0.2) is 54.4 Å². The normalized spacial score (nSPS) is 12.9. The van der Waals surface area contributed by atoms with E-state index in [-0.39, 0.29) is 42.9 Å². The Kier molecular flexibility index (Phi) is 11.5. The van der Waals surface area contributed by atoms with Crippen LogP contribution in [-0.2, 0) is 32.2 Å². The molecule has 10 nitrogen and oxygen atoms in total. The number of nitrogens with zero attached hydrogens (tertiary/aromatic N) is 1.